The lowest BCUT2D eigenvalue weighted by atomic mass is 10.2. The molecule has 1 atom stereocenters. The number of thioether (sulfide) groups is 1. The number of amides is 2. The fraction of sp³-hybridized carbons (Fsp3) is 0.333. The third kappa shape index (κ3) is 5.34. The quantitative estimate of drug-likeness (QED) is 0.670. The molecule has 0 radical (unpaired) electrons. The third-order valence-corrected chi connectivity index (χ3v) is 7.80. The van der Waals surface area contributed by atoms with Gasteiger partial charge in [-0.1, -0.05) is 0 Å². The van der Waals surface area contributed by atoms with Crippen LogP contribution >= 0.6 is 11.8 Å². The van der Waals surface area contributed by atoms with Gasteiger partial charge in [-0.25, -0.2) is 8.42 Å². The van der Waals surface area contributed by atoms with E-state index < -0.39 is 21.0 Å². The molecule has 1 aliphatic rings. The van der Waals surface area contributed by atoms with Crippen LogP contribution in [0.1, 0.15) is 26.7 Å². The number of fused-ring (bicyclic) bond motifs is 1. The van der Waals surface area contributed by atoms with Crippen molar-refractivity contribution in [3.05, 3.63) is 42.5 Å². The first kappa shape index (κ1) is 22.2. The molecule has 9 heteroatoms. The van der Waals surface area contributed by atoms with Crippen LogP contribution in [0.15, 0.2) is 52.3 Å². The van der Waals surface area contributed by atoms with Crippen LogP contribution in [0, 0.1) is 0 Å². The standard InChI is InChI=1S/C21H24N2O5S2/c1-3-28-16-6-4-15(5-7-16)22-21(25)12-14(2)30(26,27)17-8-9-19-18(13-17)23-20(24)10-11-29-19/h4-9,13-14H,3,10-12H2,1-2H3,(H,22,25)(H,23,24)/t14-/m1/s1. The van der Waals surface area contributed by atoms with Crippen molar-refractivity contribution < 1.29 is 22.7 Å². The average molecular weight is 449 g/mol. The number of ether oxygens (including phenoxy) is 1. The van der Waals surface area contributed by atoms with Gasteiger partial charge in [0.15, 0.2) is 9.84 Å². The summed E-state index contributed by atoms with van der Waals surface area (Å²) in [6, 6.07) is 11.6. The second kappa shape index (κ2) is 9.53. The summed E-state index contributed by atoms with van der Waals surface area (Å²) in [6.07, 6.45) is 0.192. The smallest absolute Gasteiger partial charge is 0.225 e. The van der Waals surface area contributed by atoms with E-state index in [-0.39, 0.29) is 17.2 Å². The SMILES string of the molecule is CCOc1ccc(NC(=O)C[C@@H](C)S(=O)(=O)c2ccc3c(c2)NC(=O)CCS3)cc1. The van der Waals surface area contributed by atoms with E-state index in [9.17, 15) is 18.0 Å². The number of anilines is 2. The highest BCUT2D eigenvalue weighted by molar-refractivity contribution is 7.99. The molecule has 2 aromatic carbocycles. The van der Waals surface area contributed by atoms with E-state index in [0.29, 0.717) is 35.9 Å². The van der Waals surface area contributed by atoms with E-state index in [4.69, 9.17) is 4.74 Å². The zero-order chi connectivity index (χ0) is 21.7. The largest absolute Gasteiger partial charge is 0.494 e. The number of benzene rings is 2. The lowest BCUT2D eigenvalue weighted by Gasteiger charge is -2.15. The molecule has 0 spiro atoms. The molecule has 0 bridgehead atoms. The predicted octanol–water partition coefficient (Wildman–Crippen LogP) is 3.71. The Morgan fingerprint density at radius 3 is 2.67 bits per heavy atom. The molecule has 0 saturated heterocycles. The van der Waals surface area contributed by atoms with Gasteiger partial charge in [0, 0.05) is 29.2 Å². The molecule has 0 aliphatic carbocycles. The van der Waals surface area contributed by atoms with Gasteiger partial charge in [0.25, 0.3) is 0 Å². The zero-order valence-corrected chi connectivity index (χ0v) is 18.4. The molecule has 0 aromatic heterocycles. The van der Waals surface area contributed by atoms with Gasteiger partial charge in [0.1, 0.15) is 5.75 Å². The molecule has 1 heterocycles. The number of hydrogen-bond acceptors (Lipinski definition) is 6. The van der Waals surface area contributed by atoms with Crippen LogP contribution in [0.4, 0.5) is 11.4 Å². The van der Waals surface area contributed by atoms with Gasteiger partial charge in [0.2, 0.25) is 11.8 Å². The Balaban J connectivity index is 1.68. The molecule has 2 N–H and O–H groups in total. The molecule has 30 heavy (non-hydrogen) atoms. The van der Waals surface area contributed by atoms with Crippen LogP contribution in [0.25, 0.3) is 0 Å². The molecule has 2 aromatic rings. The molecule has 0 saturated carbocycles. The first-order valence-corrected chi connectivity index (χ1v) is 12.2. The highest BCUT2D eigenvalue weighted by atomic mass is 32.2. The van der Waals surface area contributed by atoms with Gasteiger partial charge in [-0.15, -0.1) is 11.8 Å². The van der Waals surface area contributed by atoms with Gasteiger partial charge >= 0.3 is 0 Å². The Morgan fingerprint density at radius 2 is 1.97 bits per heavy atom. The topological polar surface area (TPSA) is 102 Å². The highest BCUT2D eigenvalue weighted by Gasteiger charge is 2.27. The first-order chi connectivity index (χ1) is 14.3. The lowest BCUT2D eigenvalue weighted by Crippen LogP contribution is -2.25. The van der Waals surface area contributed by atoms with Crippen molar-refractivity contribution >= 4 is 44.8 Å². The van der Waals surface area contributed by atoms with Crippen molar-refractivity contribution in [2.45, 2.75) is 41.7 Å². The highest BCUT2D eigenvalue weighted by Crippen LogP contribution is 2.33. The summed E-state index contributed by atoms with van der Waals surface area (Å²) in [4.78, 5) is 25.1. The summed E-state index contributed by atoms with van der Waals surface area (Å²) < 4.78 is 31.3. The fourth-order valence-corrected chi connectivity index (χ4v) is 5.30. The summed E-state index contributed by atoms with van der Waals surface area (Å²) in [5.74, 6) is 0.805. The van der Waals surface area contributed by atoms with E-state index in [1.54, 1.807) is 30.3 Å². The molecule has 1 aliphatic heterocycles. The zero-order valence-electron chi connectivity index (χ0n) is 16.8. The summed E-state index contributed by atoms with van der Waals surface area (Å²) in [5.41, 5.74) is 1.06. The summed E-state index contributed by atoms with van der Waals surface area (Å²) >= 11 is 1.51. The maximum atomic E-state index is 13.0. The number of hydrogen-bond donors (Lipinski definition) is 2. The monoisotopic (exact) mass is 448 g/mol. The van der Waals surface area contributed by atoms with Crippen molar-refractivity contribution in [1.82, 2.24) is 0 Å². The lowest BCUT2D eigenvalue weighted by molar-refractivity contribution is -0.116. The fourth-order valence-electron chi connectivity index (χ4n) is 2.99. The maximum Gasteiger partial charge on any atom is 0.225 e. The van der Waals surface area contributed by atoms with E-state index >= 15 is 0 Å². The van der Waals surface area contributed by atoms with Gasteiger partial charge in [0.05, 0.1) is 22.4 Å². The minimum Gasteiger partial charge on any atom is -0.494 e. The Hall–Kier alpha value is -2.52. The first-order valence-electron chi connectivity index (χ1n) is 9.63. The van der Waals surface area contributed by atoms with E-state index in [0.717, 1.165) is 4.90 Å². The van der Waals surface area contributed by atoms with Crippen molar-refractivity contribution in [1.29, 1.82) is 0 Å². The van der Waals surface area contributed by atoms with Crippen LogP contribution in [-0.2, 0) is 19.4 Å². The number of sulfone groups is 1. The van der Waals surface area contributed by atoms with Crippen LogP contribution in [0.2, 0.25) is 0 Å². The van der Waals surface area contributed by atoms with Gasteiger partial charge in [-0.3, -0.25) is 9.59 Å². The normalized spacial score (nSPS) is 14.8. The molecule has 2 amide bonds. The Bertz CT molecular complexity index is 1040. The Kier molecular flexibility index (Phi) is 7.04. The maximum absolute atomic E-state index is 13.0. The van der Waals surface area contributed by atoms with Gasteiger partial charge < -0.3 is 15.4 Å². The van der Waals surface area contributed by atoms with E-state index in [1.165, 1.54) is 30.8 Å². The second-order valence-corrected chi connectivity index (χ2v) is 10.4. The molecule has 0 fully saturated rings. The second-order valence-electron chi connectivity index (χ2n) is 6.87. The summed E-state index contributed by atoms with van der Waals surface area (Å²) in [5, 5.41) is 4.53. The van der Waals surface area contributed by atoms with Crippen molar-refractivity contribution in [2.75, 3.05) is 23.0 Å². The summed E-state index contributed by atoms with van der Waals surface area (Å²) in [6.45, 7) is 3.94. The van der Waals surface area contributed by atoms with Crippen LogP contribution in [0.5, 0.6) is 5.75 Å². The molecule has 0 unspecified atom stereocenters. The van der Waals surface area contributed by atoms with Crippen LogP contribution < -0.4 is 15.4 Å². The Labute approximate surface area is 180 Å². The molecular formula is C21H24N2O5S2. The van der Waals surface area contributed by atoms with Gasteiger partial charge in [-0.2, -0.15) is 0 Å². The average Bonchev–Trinajstić information content (AvgIpc) is 2.89. The number of rotatable bonds is 7. The molecule has 3 rings (SSSR count). The van der Waals surface area contributed by atoms with Gasteiger partial charge in [-0.05, 0) is 56.3 Å². The minimum atomic E-state index is -3.74. The molecule has 7 nitrogen and oxygen atoms in total. The molecule has 160 valence electrons. The number of carbonyl (C=O) groups excluding carboxylic acids is 2. The van der Waals surface area contributed by atoms with E-state index in [2.05, 4.69) is 10.6 Å². The number of carbonyl (C=O) groups is 2. The predicted molar refractivity (Wildman–Crippen MR) is 118 cm³/mol. The Morgan fingerprint density at radius 1 is 1.23 bits per heavy atom. The third-order valence-electron chi connectivity index (χ3n) is 4.59. The van der Waals surface area contributed by atoms with E-state index in [1.807, 2.05) is 6.92 Å². The molecular weight excluding hydrogens is 424 g/mol. The van der Waals surface area contributed by atoms with Crippen molar-refractivity contribution in [2.24, 2.45) is 0 Å². The van der Waals surface area contributed by atoms with Crippen molar-refractivity contribution in [3.8, 4) is 5.75 Å². The summed E-state index contributed by atoms with van der Waals surface area (Å²) in [7, 11) is -3.74. The van der Waals surface area contributed by atoms with Crippen LogP contribution in [-0.4, -0.2) is 37.8 Å². The van der Waals surface area contributed by atoms with Crippen LogP contribution in [0.3, 0.4) is 0 Å². The minimum absolute atomic E-state index is 0.0883. The van der Waals surface area contributed by atoms with Crippen molar-refractivity contribution in [3.63, 3.8) is 0 Å². The number of nitrogens with one attached hydrogen (secondary N) is 2.